The molecule has 5 heteroatoms. The van der Waals surface area contributed by atoms with E-state index in [0.717, 1.165) is 38.8 Å². The number of carbonyl (C=O) groups is 2. The number of nitrogens with zero attached hydrogens (tertiary/aromatic N) is 2. The van der Waals surface area contributed by atoms with E-state index in [4.69, 9.17) is 0 Å². The van der Waals surface area contributed by atoms with Crippen LogP contribution in [-0.4, -0.2) is 60.4 Å². The predicted octanol–water partition coefficient (Wildman–Crippen LogP) is 0.598. The first-order valence-corrected chi connectivity index (χ1v) is 7.41. The van der Waals surface area contributed by atoms with Gasteiger partial charge in [-0.25, -0.2) is 0 Å². The van der Waals surface area contributed by atoms with E-state index >= 15 is 0 Å². The summed E-state index contributed by atoms with van der Waals surface area (Å²) in [5.74, 6) is 0.326. The molecule has 0 aliphatic carbocycles. The number of likely N-dealkylation sites (N-methyl/N-ethyl adjacent to an activating group) is 1. The van der Waals surface area contributed by atoms with Gasteiger partial charge in [0.2, 0.25) is 11.8 Å². The minimum absolute atomic E-state index is 0.0678. The molecule has 2 amide bonds. The van der Waals surface area contributed by atoms with Gasteiger partial charge in [-0.1, -0.05) is 6.92 Å². The molecule has 0 saturated carbocycles. The van der Waals surface area contributed by atoms with Gasteiger partial charge in [0.25, 0.3) is 0 Å². The van der Waals surface area contributed by atoms with E-state index < -0.39 is 0 Å². The highest BCUT2D eigenvalue weighted by Gasteiger charge is 2.39. The Bertz CT molecular complexity index is 346. The van der Waals surface area contributed by atoms with Crippen molar-refractivity contribution in [3.05, 3.63) is 0 Å². The van der Waals surface area contributed by atoms with E-state index in [1.807, 2.05) is 11.8 Å². The second-order valence-electron chi connectivity index (χ2n) is 5.50. The molecule has 2 unspecified atom stereocenters. The lowest BCUT2D eigenvalue weighted by molar-refractivity contribution is -0.132. The first-order chi connectivity index (χ1) is 9.17. The molecular weight excluding hydrogens is 242 g/mol. The maximum absolute atomic E-state index is 12.0. The van der Waals surface area contributed by atoms with Crippen LogP contribution in [0.5, 0.6) is 0 Å². The van der Waals surface area contributed by atoms with Crippen LogP contribution >= 0.6 is 0 Å². The molecule has 2 fully saturated rings. The van der Waals surface area contributed by atoms with Crippen molar-refractivity contribution in [1.29, 1.82) is 0 Å². The molecular formula is C14H25N3O2. The smallest absolute Gasteiger partial charge is 0.233 e. The van der Waals surface area contributed by atoms with Crippen LogP contribution in [0, 0.1) is 0 Å². The van der Waals surface area contributed by atoms with E-state index in [-0.39, 0.29) is 11.8 Å². The number of nitrogens with one attached hydrogen (secondary N) is 1. The molecule has 2 aliphatic rings. The Hall–Kier alpha value is -1.10. The summed E-state index contributed by atoms with van der Waals surface area (Å²) in [6, 6.07) is 0.690. The topological polar surface area (TPSA) is 52.7 Å². The number of carbonyl (C=O) groups excluding carboxylic acids is 2. The molecule has 0 aromatic heterocycles. The molecule has 2 atom stereocenters. The minimum atomic E-state index is 0.0678. The summed E-state index contributed by atoms with van der Waals surface area (Å²) in [4.78, 5) is 27.9. The Balaban J connectivity index is 2.02. The zero-order valence-corrected chi connectivity index (χ0v) is 12.0. The Labute approximate surface area is 115 Å². The molecule has 0 radical (unpaired) electrons. The summed E-state index contributed by atoms with van der Waals surface area (Å²) in [6.45, 7) is 4.25. The average Bonchev–Trinajstić information content (AvgIpc) is 3.05. The summed E-state index contributed by atoms with van der Waals surface area (Å²) in [5, 5.41) is 2.69. The lowest BCUT2D eigenvalue weighted by Crippen LogP contribution is -2.50. The van der Waals surface area contributed by atoms with Gasteiger partial charge in [-0.3, -0.25) is 14.5 Å². The fourth-order valence-corrected chi connectivity index (χ4v) is 3.45. The van der Waals surface area contributed by atoms with Crippen molar-refractivity contribution in [2.45, 2.75) is 51.1 Å². The number of likely N-dealkylation sites (tertiary alicyclic amines) is 2. The first kappa shape index (κ1) is 14.3. The van der Waals surface area contributed by atoms with Crippen LogP contribution in [-0.2, 0) is 9.59 Å². The number of hydrogen-bond donors (Lipinski definition) is 1. The van der Waals surface area contributed by atoms with E-state index in [9.17, 15) is 9.59 Å². The van der Waals surface area contributed by atoms with Crippen LogP contribution in [0.4, 0.5) is 0 Å². The normalized spacial score (nSPS) is 27.8. The van der Waals surface area contributed by atoms with Gasteiger partial charge in [0, 0.05) is 32.1 Å². The van der Waals surface area contributed by atoms with E-state index in [1.54, 1.807) is 7.05 Å². The van der Waals surface area contributed by atoms with Crippen molar-refractivity contribution in [2.75, 3.05) is 26.7 Å². The van der Waals surface area contributed by atoms with Crippen LogP contribution in [0.2, 0.25) is 0 Å². The molecule has 1 N–H and O–H groups in total. The van der Waals surface area contributed by atoms with Gasteiger partial charge in [0.15, 0.2) is 0 Å². The van der Waals surface area contributed by atoms with Gasteiger partial charge in [-0.05, 0) is 32.2 Å². The Morgan fingerprint density at radius 2 is 1.84 bits per heavy atom. The molecule has 0 aromatic carbocycles. The zero-order chi connectivity index (χ0) is 13.8. The van der Waals surface area contributed by atoms with Gasteiger partial charge in [0.1, 0.15) is 0 Å². The highest BCUT2D eigenvalue weighted by molar-refractivity contribution is 5.78. The maximum Gasteiger partial charge on any atom is 0.233 e. The fourth-order valence-electron chi connectivity index (χ4n) is 3.45. The van der Waals surface area contributed by atoms with Crippen LogP contribution < -0.4 is 5.32 Å². The molecule has 2 rings (SSSR count). The standard InChI is InChI=1S/C14H25N3O2/c1-3-14(19)17-9-5-7-12(17)11-6-4-8-16(11)10-13(18)15-2/h11-12H,3-10H2,1-2H3,(H,15,18). The third-order valence-electron chi connectivity index (χ3n) is 4.41. The van der Waals surface area contributed by atoms with Gasteiger partial charge in [-0.15, -0.1) is 0 Å². The molecule has 5 nitrogen and oxygen atoms in total. The molecule has 2 aliphatic heterocycles. The number of amides is 2. The van der Waals surface area contributed by atoms with Crippen LogP contribution in [0.25, 0.3) is 0 Å². The third-order valence-corrected chi connectivity index (χ3v) is 4.41. The Kier molecular flexibility index (Phi) is 4.80. The highest BCUT2D eigenvalue weighted by Crippen LogP contribution is 2.30. The molecule has 2 heterocycles. The second kappa shape index (κ2) is 6.37. The lowest BCUT2D eigenvalue weighted by Gasteiger charge is -2.34. The summed E-state index contributed by atoms with van der Waals surface area (Å²) in [7, 11) is 1.68. The van der Waals surface area contributed by atoms with Crippen molar-refractivity contribution in [3.8, 4) is 0 Å². The number of hydrogen-bond acceptors (Lipinski definition) is 3. The second-order valence-corrected chi connectivity index (χ2v) is 5.50. The van der Waals surface area contributed by atoms with Gasteiger partial charge in [0.05, 0.1) is 6.54 Å². The summed E-state index contributed by atoms with van der Waals surface area (Å²) in [6.07, 6.45) is 5.00. The average molecular weight is 267 g/mol. The quantitative estimate of drug-likeness (QED) is 0.811. The molecule has 108 valence electrons. The SMILES string of the molecule is CCC(=O)N1CCCC1C1CCCN1CC(=O)NC. The first-order valence-electron chi connectivity index (χ1n) is 7.41. The van der Waals surface area contributed by atoms with Gasteiger partial charge >= 0.3 is 0 Å². The minimum Gasteiger partial charge on any atom is -0.358 e. The molecule has 0 spiro atoms. The van der Waals surface area contributed by atoms with E-state index in [0.29, 0.717) is 25.0 Å². The van der Waals surface area contributed by atoms with Crippen molar-refractivity contribution in [2.24, 2.45) is 0 Å². The summed E-state index contributed by atoms with van der Waals surface area (Å²) in [5.41, 5.74) is 0. The maximum atomic E-state index is 12.0. The van der Waals surface area contributed by atoms with Crippen molar-refractivity contribution in [3.63, 3.8) is 0 Å². The number of rotatable bonds is 4. The highest BCUT2D eigenvalue weighted by atomic mass is 16.2. The molecule has 0 bridgehead atoms. The fraction of sp³-hybridized carbons (Fsp3) is 0.857. The Morgan fingerprint density at radius 1 is 1.16 bits per heavy atom. The van der Waals surface area contributed by atoms with Crippen LogP contribution in [0.1, 0.15) is 39.0 Å². The third kappa shape index (κ3) is 3.08. The summed E-state index contributed by atoms with van der Waals surface area (Å²) < 4.78 is 0. The molecule has 2 saturated heterocycles. The van der Waals surface area contributed by atoms with Crippen molar-refractivity contribution >= 4 is 11.8 Å². The molecule has 19 heavy (non-hydrogen) atoms. The van der Waals surface area contributed by atoms with Crippen LogP contribution in [0.3, 0.4) is 0 Å². The van der Waals surface area contributed by atoms with Gasteiger partial charge in [-0.2, -0.15) is 0 Å². The Morgan fingerprint density at radius 3 is 2.53 bits per heavy atom. The summed E-state index contributed by atoms with van der Waals surface area (Å²) >= 11 is 0. The van der Waals surface area contributed by atoms with Crippen LogP contribution in [0.15, 0.2) is 0 Å². The van der Waals surface area contributed by atoms with E-state index in [2.05, 4.69) is 10.2 Å². The zero-order valence-electron chi connectivity index (χ0n) is 12.0. The van der Waals surface area contributed by atoms with Crippen molar-refractivity contribution in [1.82, 2.24) is 15.1 Å². The predicted molar refractivity (Wildman–Crippen MR) is 73.7 cm³/mol. The van der Waals surface area contributed by atoms with Crippen molar-refractivity contribution < 1.29 is 9.59 Å². The monoisotopic (exact) mass is 267 g/mol. The van der Waals surface area contributed by atoms with E-state index in [1.165, 1.54) is 0 Å². The largest absolute Gasteiger partial charge is 0.358 e. The van der Waals surface area contributed by atoms with Gasteiger partial charge < -0.3 is 10.2 Å². The lowest BCUT2D eigenvalue weighted by atomic mass is 10.0. The molecule has 0 aromatic rings.